The molecule has 0 saturated carbocycles. The lowest BCUT2D eigenvalue weighted by Gasteiger charge is -2.40. The molecule has 1 aliphatic heterocycles. The predicted molar refractivity (Wildman–Crippen MR) is 157 cm³/mol. The minimum atomic E-state index is -4.12. The molecule has 41 heavy (non-hydrogen) atoms. The number of anilines is 1. The minimum Gasteiger partial charge on any atom is -0.497 e. The second-order valence-electron chi connectivity index (χ2n) is 9.80. The highest BCUT2D eigenvalue weighted by molar-refractivity contribution is 7.92. The fraction of sp³-hybridized carbons (Fsp3) is 0.219. The molecule has 0 spiro atoms. The Kier molecular flexibility index (Phi) is 8.66. The maximum Gasteiger partial charge on any atom is 0.264 e. The Balaban J connectivity index is 1.34. The van der Waals surface area contributed by atoms with Crippen LogP contribution in [0.2, 0.25) is 0 Å². The van der Waals surface area contributed by atoms with E-state index in [0.29, 0.717) is 31.9 Å². The van der Waals surface area contributed by atoms with Crippen LogP contribution < -0.4 is 9.04 Å². The predicted octanol–water partition coefficient (Wildman–Crippen LogP) is 4.96. The number of hydrogen-bond donors (Lipinski definition) is 0. The van der Waals surface area contributed by atoms with E-state index in [1.54, 1.807) is 17.0 Å². The SMILES string of the molecule is COc1ccc(S(=O)(=O)N(CC(=O)N2CCN(C(c3ccccc3)c3ccccc3)CC2)c2ccc(F)cc2)cc1. The van der Waals surface area contributed by atoms with E-state index >= 15 is 0 Å². The quantitative estimate of drug-likeness (QED) is 0.283. The van der Waals surface area contributed by atoms with Crippen molar-refractivity contribution in [2.24, 2.45) is 0 Å². The van der Waals surface area contributed by atoms with Crippen LogP contribution in [0.4, 0.5) is 10.1 Å². The molecule has 9 heteroatoms. The molecule has 5 rings (SSSR count). The van der Waals surface area contributed by atoms with Crippen LogP contribution in [0.1, 0.15) is 17.2 Å². The molecule has 4 aromatic rings. The fourth-order valence-corrected chi connectivity index (χ4v) is 6.55. The van der Waals surface area contributed by atoms with E-state index in [9.17, 15) is 17.6 Å². The van der Waals surface area contributed by atoms with Gasteiger partial charge in [0, 0.05) is 26.2 Å². The van der Waals surface area contributed by atoms with Gasteiger partial charge in [-0.15, -0.1) is 0 Å². The van der Waals surface area contributed by atoms with Gasteiger partial charge in [0.15, 0.2) is 0 Å². The standard InChI is InChI=1S/C32H32FN3O4S/c1-40-29-16-18-30(19-17-29)41(38,39)36(28-14-12-27(33)13-15-28)24-31(37)34-20-22-35(23-21-34)32(25-8-4-2-5-9-25)26-10-6-3-7-11-26/h2-19,32H,20-24H2,1H3. The number of piperazine rings is 1. The zero-order chi connectivity index (χ0) is 28.8. The van der Waals surface area contributed by atoms with Crippen LogP contribution in [0.15, 0.2) is 114 Å². The molecule has 0 aliphatic carbocycles. The smallest absolute Gasteiger partial charge is 0.264 e. The van der Waals surface area contributed by atoms with Gasteiger partial charge >= 0.3 is 0 Å². The number of carbonyl (C=O) groups is 1. The molecular formula is C32H32FN3O4S. The van der Waals surface area contributed by atoms with Gasteiger partial charge in [0.25, 0.3) is 10.0 Å². The zero-order valence-electron chi connectivity index (χ0n) is 22.8. The topological polar surface area (TPSA) is 70.2 Å². The average molecular weight is 574 g/mol. The van der Waals surface area contributed by atoms with Crippen molar-refractivity contribution < 1.29 is 22.3 Å². The third-order valence-electron chi connectivity index (χ3n) is 7.30. The Labute approximate surface area is 240 Å². The lowest BCUT2D eigenvalue weighted by Crippen LogP contribution is -2.52. The Morgan fingerprint density at radius 3 is 1.85 bits per heavy atom. The van der Waals surface area contributed by atoms with Crippen LogP contribution in [0.5, 0.6) is 5.75 Å². The van der Waals surface area contributed by atoms with Gasteiger partial charge < -0.3 is 9.64 Å². The lowest BCUT2D eigenvalue weighted by atomic mass is 9.96. The molecule has 0 radical (unpaired) electrons. The summed E-state index contributed by atoms with van der Waals surface area (Å²) in [5, 5.41) is 0. The summed E-state index contributed by atoms with van der Waals surface area (Å²) in [5.41, 5.74) is 2.56. The summed E-state index contributed by atoms with van der Waals surface area (Å²) in [6, 6.07) is 31.6. The maximum absolute atomic E-state index is 13.7. The van der Waals surface area contributed by atoms with Crippen molar-refractivity contribution >= 4 is 21.6 Å². The average Bonchev–Trinajstić information content (AvgIpc) is 3.02. The molecule has 4 aromatic carbocycles. The number of sulfonamides is 1. The van der Waals surface area contributed by atoms with E-state index in [-0.39, 0.29) is 22.5 Å². The molecule has 0 atom stereocenters. The van der Waals surface area contributed by atoms with Gasteiger partial charge in [-0.2, -0.15) is 0 Å². The number of rotatable bonds is 9. The van der Waals surface area contributed by atoms with Crippen LogP contribution >= 0.6 is 0 Å². The summed E-state index contributed by atoms with van der Waals surface area (Å²) >= 11 is 0. The van der Waals surface area contributed by atoms with Crippen molar-refractivity contribution in [1.82, 2.24) is 9.80 Å². The number of amides is 1. The monoisotopic (exact) mass is 573 g/mol. The van der Waals surface area contributed by atoms with Gasteiger partial charge in [-0.25, -0.2) is 12.8 Å². The van der Waals surface area contributed by atoms with Crippen LogP contribution in [-0.4, -0.2) is 64.0 Å². The van der Waals surface area contributed by atoms with Gasteiger partial charge in [-0.1, -0.05) is 60.7 Å². The van der Waals surface area contributed by atoms with Gasteiger partial charge in [-0.05, 0) is 59.7 Å². The van der Waals surface area contributed by atoms with Gasteiger partial charge in [0.1, 0.15) is 18.1 Å². The van der Waals surface area contributed by atoms with Gasteiger partial charge in [0.05, 0.1) is 23.7 Å². The number of ether oxygens (including phenoxy) is 1. The van der Waals surface area contributed by atoms with E-state index < -0.39 is 22.4 Å². The molecular weight excluding hydrogens is 541 g/mol. The molecule has 0 N–H and O–H groups in total. The molecule has 1 saturated heterocycles. The Bertz CT molecular complexity index is 1500. The molecule has 1 amide bonds. The van der Waals surface area contributed by atoms with E-state index in [4.69, 9.17) is 4.74 Å². The van der Waals surface area contributed by atoms with E-state index in [1.165, 1.54) is 54.6 Å². The Hall–Kier alpha value is -4.21. The summed E-state index contributed by atoms with van der Waals surface area (Å²) in [6.45, 7) is 1.76. The second-order valence-corrected chi connectivity index (χ2v) is 11.7. The van der Waals surface area contributed by atoms with Gasteiger partial charge in [-0.3, -0.25) is 14.0 Å². The van der Waals surface area contributed by atoms with Crippen LogP contribution in [0.25, 0.3) is 0 Å². The first-order valence-electron chi connectivity index (χ1n) is 13.4. The summed E-state index contributed by atoms with van der Waals surface area (Å²) in [6.07, 6.45) is 0. The molecule has 1 heterocycles. The van der Waals surface area contributed by atoms with Gasteiger partial charge in [0.2, 0.25) is 5.91 Å². The molecule has 212 valence electrons. The maximum atomic E-state index is 13.7. The van der Waals surface area contributed by atoms with Crippen molar-refractivity contribution in [3.8, 4) is 5.75 Å². The van der Waals surface area contributed by atoms with Crippen molar-refractivity contribution in [3.63, 3.8) is 0 Å². The molecule has 1 aliphatic rings. The molecule has 0 aromatic heterocycles. The fourth-order valence-electron chi connectivity index (χ4n) is 5.13. The first-order valence-corrected chi connectivity index (χ1v) is 14.8. The summed E-state index contributed by atoms with van der Waals surface area (Å²) < 4.78 is 47.3. The summed E-state index contributed by atoms with van der Waals surface area (Å²) in [5.74, 6) is -0.304. The highest BCUT2D eigenvalue weighted by Crippen LogP contribution is 2.30. The summed E-state index contributed by atoms with van der Waals surface area (Å²) in [7, 11) is -2.63. The summed E-state index contributed by atoms with van der Waals surface area (Å²) in [4.78, 5) is 17.6. The van der Waals surface area contributed by atoms with E-state index in [2.05, 4.69) is 29.2 Å². The normalized spacial score (nSPS) is 14.2. The van der Waals surface area contributed by atoms with Crippen molar-refractivity contribution in [2.45, 2.75) is 10.9 Å². The minimum absolute atomic E-state index is 0.00816. The van der Waals surface area contributed by atoms with Crippen LogP contribution in [-0.2, 0) is 14.8 Å². The van der Waals surface area contributed by atoms with Crippen molar-refractivity contribution in [3.05, 3.63) is 126 Å². The first kappa shape index (κ1) is 28.3. The van der Waals surface area contributed by atoms with Crippen molar-refractivity contribution in [1.29, 1.82) is 0 Å². The van der Waals surface area contributed by atoms with E-state index in [0.717, 1.165) is 4.31 Å². The molecule has 0 bridgehead atoms. The number of hydrogen-bond acceptors (Lipinski definition) is 5. The number of carbonyl (C=O) groups excluding carboxylic acids is 1. The Morgan fingerprint density at radius 2 is 1.34 bits per heavy atom. The van der Waals surface area contributed by atoms with Crippen LogP contribution in [0, 0.1) is 5.82 Å². The number of methoxy groups -OCH3 is 1. The number of halogens is 1. The first-order chi connectivity index (χ1) is 19.9. The lowest BCUT2D eigenvalue weighted by molar-refractivity contribution is -0.131. The molecule has 0 unspecified atom stereocenters. The largest absolute Gasteiger partial charge is 0.497 e. The highest BCUT2D eigenvalue weighted by Gasteiger charge is 2.32. The second kappa shape index (κ2) is 12.5. The Morgan fingerprint density at radius 1 is 0.805 bits per heavy atom. The van der Waals surface area contributed by atoms with E-state index in [1.807, 2.05) is 36.4 Å². The molecule has 1 fully saturated rings. The zero-order valence-corrected chi connectivity index (χ0v) is 23.6. The third kappa shape index (κ3) is 6.42. The van der Waals surface area contributed by atoms with Crippen LogP contribution in [0.3, 0.4) is 0 Å². The number of benzene rings is 4. The molecule has 7 nitrogen and oxygen atoms in total. The number of nitrogens with zero attached hydrogens (tertiary/aromatic N) is 3. The van der Waals surface area contributed by atoms with Crippen molar-refractivity contribution in [2.75, 3.05) is 44.1 Å². The third-order valence-corrected chi connectivity index (χ3v) is 9.09. The highest BCUT2D eigenvalue weighted by atomic mass is 32.2.